The molecule has 1 N–H and O–H groups in total. The van der Waals surface area contributed by atoms with Gasteiger partial charge < -0.3 is 15.0 Å². The van der Waals surface area contributed by atoms with Crippen molar-refractivity contribution in [1.82, 2.24) is 10.2 Å². The van der Waals surface area contributed by atoms with E-state index in [2.05, 4.69) is 5.32 Å². The summed E-state index contributed by atoms with van der Waals surface area (Å²) in [5.41, 5.74) is 0.558. The summed E-state index contributed by atoms with van der Waals surface area (Å²) in [6, 6.07) is 9.60. The SMILES string of the molecule is CC(=O)NC1CCOC2(CCN(C(=O)c3ccccc3)CC2)C1. The molecule has 2 fully saturated rings. The Morgan fingerprint density at radius 2 is 1.91 bits per heavy atom. The largest absolute Gasteiger partial charge is 0.375 e. The van der Waals surface area contributed by atoms with Gasteiger partial charge in [-0.25, -0.2) is 0 Å². The van der Waals surface area contributed by atoms with Crippen molar-refractivity contribution in [1.29, 1.82) is 0 Å². The molecule has 0 bridgehead atoms. The number of rotatable bonds is 2. The van der Waals surface area contributed by atoms with Gasteiger partial charge in [0.2, 0.25) is 5.91 Å². The number of nitrogens with one attached hydrogen (secondary N) is 1. The lowest BCUT2D eigenvalue weighted by molar-refractivity contribution is -0.128. The van der Waals surface area contributed by atoms with Crippen LogP contribution in [0.5, 0.6) is 0 Å². The topological polar surface area (TPSA) is 58.6 Å². The maximum atomic E-state index is 12.5. The number of ether oxygens (including phenoxy) is 1. The van der Waals surface area contributed by atoms with E-state index in [1.54, 1.807) is 6.92 Å². The number of hydrogen-bond acceptors (Lipinski definition) is 3. The molecule has 2 amide bonds. The molecule has 1 atom stereocenters. The van der Waals surface area contributed by atoms with Crippen molar-refractivity contribution in [3.8, 4) is 0 Å². The fourth-order valence-electron chi connectivity index (χ4n) is 3.67. The van der Waals surface area contributed by atoms with Crippen LogP contribution in [0.15, 0.2) is 30.3 Å². The molecule has 2 saturated heterocycles. The van der Waals surface area contributed by atoms with Crippen LogP contribution in [-0.2, 0) is 9.53 Å². The van der Waals surface area contributed by atoms with Crippen molar-refractivity contribution in [2.24, 2.45) is 0 Å². The highest BCUT2D eigenvalue weighted by Gasteiger charge is 2.41. The molecule has 1 unspecified atom stereocenters. The first kappa shape index (κ1) is 16.0. The van der Waals surface area contributed by atoms with Crippen molar-refractivity contribution < 1.29 is 14.3 Å². The summed E-state index contributed by atoms with van der Waals surface area (Å²) in [5.74, 6) is 0.110. The van der Waals surface area contributed by atoms with Crippen LogP contribution in [0.25, 0.3) is 0 Å². The van der Waals surface area contributed by atoms with Gasteiger partial charge in [-0.05, 0) is 37.8 Å². The van der Waals surface area contributed by atoms with Crippen LogP contribution in [0.3, 0.4) is 0 Å². The highest BCUT2D eigenvalue weighted by Crippen LogP contribution is 2.35. The zero-order valence-electron chi connectivity index (χ0n) is 13.6. The third kappa shape index (κ3) is 3.72. The van der Waals surface area contributed by atoms with Gasteiger partial charge in [-0.15, -0.1) is 0 Å². The van der Waals surface area contributed by atoms with E-state index in [1.807, 2.05) is 35.2 Å². The Kier molecular flexibility index (Phi) is 4.66. The number of amides is 2. The molecule has 0 aliphatic carbocycles. The first-order valence-corrected chi connectivity index (χ1v) is 8.33. The second-order valence-electron chi connectivity index (χ2n) is 6.58. The van der Waals surface area contributed by atoms with Crippen molar-refractivity contribution in [3.63, 3.8) is 0 Å². The minimum atomic E-state index is -0.182. The number of likely N-dealkylation sites (tertiary alicyclic amines) is 1. The first-order valence-electron chi connectivity index (χ1n) is 8.33. The average molecular weight is 316 g/mol. The fraction of sp³-hybridized carbons (Fsp3) is 0.556. The van der Waals surface area contributed by atoms with E-state index in [9.17, 15) is 9.59 Å². The summed E-state index contributed by atoms with van der Waals surface area (Å²) in [7, 11) is 0. The Hall–Kier alpha value is -1.88. The minimum Gasteiger partial charge on any atom is -0.375 e. The number of benzene rings is 1. The molecule has 5 heteroatoms. The summed E-state index contributed by atoms with van der Waals surface area (Å²) in [6.07, 6.45) is 3.39. The molecule has 23 heavy (non-hydrogen) atoms. The zero-order chi connectivity index (χ0) is 16.3. The first-order chi connectivity index (χ1) is 11.1. The summed E-state index contributed by atoms with van der Waals surface area (Å²) in [4.78, 5) is 25.7. The quantitative estimate of drug-likeness (QED) is 0.907. The van der Waals surface area contributed by atoms with E-state index in [1.165, 1.54) is 0 Å². The Morgan fingerprint density at radius 3 is 2.57 bits per heavy atom. The second kappa shape index (κ2) is 6.71. The van der Waals surface area contributed by atoms with Gasteiger partial charge in [-0.1, -0.05) is 18.2 Å². The molecule has 2 heterocycles. The van der Waals surface area contributed by atoms with Gasteiger partial charge in [0.1, 0.15) is 0 Å². The molecule has 1 aromatic carbocycles. The van der Waals surface area contributed by atoms with Crippen LogP contribution in [-0.4, -0.2) is 48.1 Å². The summed E-state index contributed by atoms with van der Waals surface area (Å²) in [6.45, 7) is 3.65. The number of carbonyl (C=O) groups is 2. The predicted molar refractivity (Wildman–Crippen MR) is 87.1 cm³/mol. The lowest BCUT2D eigenvalue weighted by atomic mass is 9.82. The lowest BCUT2D eigenvalue weighted by Crippen LogP contribution is -2.54. The molecular weight excluding hydrogens is 292 g/mol. The van der Waals surface area contributed by atoms with E-state index < -0.39 is 0 Å². The van der Waals surface area contributed by atoms with Crippen LogP contribution < -0.4 is 5.32 Å². The Labute approximate surface area is 137 Å². The number of nitrogens with zero attached hydrogens (tertiary/aromatic N) is 1. The van der Waals surface area contributed by atoms with Crippen molar-refractivity contribution in [3.05, 3.63) is 35.9 Å². The van der Waals surface area contributed by atoms with Gasteiger partial charge in [0, 0.05) is 38.2 Å². The fourth-order valence-corrected chi connectivity index (χ4v) is 3.67. The van der Waals surface area contributed by atoms with Crippen molar-refractivity contribution in [2.75, 3.05) is 19.7 Å². The summed E-state index contributed by atoms with van der Waals surface area (Å²) < 4.78 is 6.06. The smallest absolute Gasteiger partial charge is 0.253 e. The van der Waals surface area contributed by atoms with E-state index in [4.69, 9.17) is 4.74 Å². The molecule has 0 aromatic heterocycles. The number of carbonyl (C=O) groups excluding carboxylic acids is 2. The van der Waals surface area contributed by atoms with Gasteiger partial charge in [-0.2, -0.15) is 0 Å². The molecule has 5 nitrogen and oxygen atoms in total. The normalized spacial score (nSPS) is 23.5. The van der Waals surface area contributed by atoms with E-state index in [0.717, 1.165) is 31.2 Å². The molecule has 3 rings (SSSR count). The van der Waals surface area contributed by atoms with Gasteiger partial charge in [0.25, 0.3) is 5.91 Å². The standard InChI is InChI=1S/C18H24N2O3/c1-14(21)19-16-7-12-23-18(13-16)8-10-20(11-9-18)17(22)15-5-3-2-4-6-15/h2-6,16H,7-13H2,1H3,(H,19,21). The maximum absolute atomic E-state index is 12.5. The van der Waals surface area contributed by atoms with Gasteiger partial charge in [-0.3, -0.25) is 9.59 Å². The van der Waals surface area contributed by atoms with Crippen molar-refractivity contribution in [2.45, 2.75) is 44.2 Å². The molecule has 124 valence electrons. The highest BCUT2D eigenvalue weighted by molar-refractivity contribution is 5.94. The number of piperidine rings is 1. The Balaban J connectivity index is 1.59. The molecule has 2 aliphatic rings. The number of hydrogen-bond donors (Lipinski definition) is 1. The van der Waals surface area contributed by atoms with Crippen molar-refractivity contribution >= 4 is 11.8 Å². The van der Waals surface area contributed by atoms with Crippen LogP contribution >= 0.6 is 0 Å². The monoisotopic (exact) mass is 316 g/mol. The Morgan fingerprint density at radius 1 is 1.22 bits per heavy atom. The van der Waals surface area contributed by atoms with Gasteiger partial charge in [0.15, 0.2) is 0 Å². The highest BCUT2D eigenvalue weighted by atomic mass is 16.5. The maximum Gasteiger partial charge on any atom is 0.253 e. The van der Waals surface area contributed by atoms with Gasteiger partial charge in [0.05, 0.1) is 5.60 Å². The average Bonchev–Trinajstić information content (AvgIpc) is 2.55. The molecule has 0 saturated carbocycles. The zero-order valence-corrected chi connectivity index (χ0v) is 13.6. The van der Waals surface area contributed by atoms with Crippen LogP contribution in [0, 0.1) is 0 Å². The molecule has 1 spiro atoms. The van der Waals surface area contributed by atoms with E-state index in [-0.39, 0.29) is 23.5 Å². The molecule has 2 aliphatic heterocycles. The second-order valence-corrected chi connectivity index (χ2v) is 6.58. The Bertz CT molecular complexity index is 565. The summed E-state index contributed by atoms with van der Waals surface area (Å²) >= 11 is 0. The van der Waals surface area contributed by atoms with E-state index in [0.29, 0.717) is 19.7 Å². The predicted octanol–water partition coefficient (Wildman–Crippen LogP) is 1.98. The van der Waals surface area contributed by atoms with Crippen LogP contribution in [0.4, 0.5) is 0 Å². The lowest BCUT2D eigenvalue weighted by Gasteiger charge is -2.46. The molecule has 0 radical (unpaired) electrons. The molecular formula is C18H24N2O3. The molecule has 1 aromatic rings. The van der Waals surface area contributed by atoms with Gasteiger partial charge >= 0.3 is 0 Å². The van der Waals surface area contributed by atoms with Crippen LogP contribution in [0.1, 0.15) is 43.0 Å². The summed E-state index contributed by atoms with van der Waals surface area (Å²) in [5, 5.41) is 3.01. The third-order valence-electron chi connectivity index (χ3n) is 4.88. The van der Waals surface area contributed by atoms with Crippen LogP contribution in [0.2, 0.25) is 0 Å². The van der Waals surface area contributed by atoms with E-state index >= 15 is 0 Å². The third-order valence-corrected chi connectivity index (χ3v) is 4.88. The minimum absolute atomic E-state index is 0.0174.